The van der Waals surface area contributed by atoms with Crippen molar-refractivity contribution in [2.75, 3.05) is 5.75 Å². The van der Waals surface area contributed by atoms with Crippen LogP contribution in [0.4, 0.5) is 8.78 Å². The average molecular weight is 248 g/mol. The Morgan fingerprint density at radius 2 is 1.88 bits per heavy atom. The van der Waals surface area contributed by atoms with Gasteiger partial charge in [0.05, 0.1) is 16.6 Å². The lowest BCUT2D eigenvalue weighted by molar-refractivity contribution is -0.0818. The second-order valence-corrected chi connectivity index (χ2v) is 5.29. The zero-order valence-corrected chi connectivity index (χ0v) is 9.93. The first-order chi connectivity index (χ1) is 7.30. The van der Waals surface area contributed by atoms with Gasteiger partial charge in [-0.1, -0.05) is 17.7 Å². The molecule has 0 amide bonds. The van der Waals surface area contributed by atoms with Gasteiger partial charge in [-0.2, -0.15) is 0 Å². The van der Waals surface area contributed by atoms with Crippen LogP contribution in [0.5, 0.6) is 0 Å². The summed E-state index contributed by atoms with van der Waals surface area (Å²) < 4.78 is 37.0. The molecule has 0 aliphatic carbocycles. The third-order valence-corrected chi connectivity index (χ3v) is 3.59. The highest BCUT2D eigenvalue weighted by atomic mass is 32.2. The molecule has 1 aromatic carbocycles. The van der Waals surface area contributed by atoms with Crippen LogP contribution < -0.4 is 0 Å². The minimum Gasteiger partial charge on any atom is -0.386 e. The average Bonchev–Trinajstić information content (AvgIpc) is 2.17. The Morgan fingerprint density at radius 3 is 2.31 bits per heavy atom. The summed E-state index contributed by atoms with van der Waals surface area (Å²) in [5.41, 5.74) is 1.00. The maximum atomic E-state index is 12.7. The smallest absolute Gasteiger partial charge is 0.271 e. The van der Waals surface area contributed by atoms with E-state index < -0.39 is 28.6 Å². The molecule has 0 radical (unpaired) electrons. The SMILES string of the molecule is Cc1ccc([S@](=O)CC(O)C(C)(F)F)cc1. The standard InChI is InChI=1S/C11H14F2O2S/c1-8-3-5-9(6-4-8)16(15)7-10(14)11(2,12)13/h3-6,10,14H,7H2,1-2H3/t10?,16-/m1/s1. The number of hydrogen-bond acceptors (Lipinski definition) is 2. The molecule has 0 saturated heterocycles. The lowest BCUT2D eigenvalue weighted by atomic mass is 10.2. The van der Waals surface area contributed by atoms with E-state index in [4.69, 9.17) is 5.11 Å². The van der Waals surface area contributed by atoms with Crippen molar-refractivity contribution in [1.29, 1.82) is 0 Å². The molecule has 1 N–H and O–H groups in total. The highest BCUT2D eigenvalue weighted by Crippen LogP contribution is 2.19. The summed E-state index contributed by atoms with van der Waals surface area (Å²) in [6, 6.07) is 6.74. The summed E-state index contributed by atoms with van der Waals surface area (Å²) in [6.45, 7) is 2.49. The van der Waals surface area contributed by atoms with Gasteiger partial charge >= 0.3 is 0 Å². The molecule has 0 spiro atoms. The van der Waals surface area contributed by atoms with E-state index in [1.165, 1.54) is 0 Å². The first kappa shape index (κ1) is 13.3. The highest BCUT2D eigenvalue weighted by Gasteiger charge is 2.33. The van der Waals surface area contributed by atoms with Crippen molar-refractivity contribution >= 4 is 10.8 Å². The Balaban J connectivity index is 2.70. The number of hydrogen-bond donors (Lipinski definition) is 1. The minimum atomic E-state index is -3.22. The Morgan fingerprint density at radius 1 is 1.38 bits per heavy atom. The zero-order chi connectivity index (χ0) is 12.3. The Hall–Kier alpha value is -0.810. The van der Waals surface area contributed by atoms with Gasteiger partial charge in [0, 0.05) is 11.8 Å². The molecule has 0 bridgehead atoms. The molecule has 0 aromatic heterocycles. The summed E-state index contributed by atoms with van der Waals surface area (Å²) in [6.07, 6.45) is -1.88. The Kier molecular flexibility index (Phi) is 4.15. The predicted octanol–water partition coefficient (Wildman–Crippen LogP) is 2.12. The molecule has 5 heteroatoms. The van der Waals surface area contributed by atoms with Gasteiger partial charge in [-0.25, -0.2) is 8.78 Å². The molecule has 1 unspecified atom stereocenters. The Bertz CT molecular complexity index is 371. The molecule has 1 rings (SSSR count). The van der Waals surface area contributed by atoms with Crippen LogP contribution in [0.3, 0.4) is 0 Å². The number of rotatable bonds is 4. The summed E-state index contributed by atoms with van der Waals surface area (Å²) in [4.78, 5) is 0.453. The number of aliphatic hydroxyl groups excluding tert-OH is 1. The molecule has 1 aromatic rings. The van der Waals surface area contributed by atoms with Gasteiger partial charge in [-0.15, -0.1) is 0 Å². The molecular formula is C11H14F2O2S. The zero-order valence-electron chi connectivity index (χ0n) is 9.11. The van der Waals surface area contributed by atoms with Crippen molar-refractivity contribution in [3.63, 3.8) is 0 Å². The van der Waals surface area contributed by atoms with E-state index in [2.05, 4.69) is 0 Å². The first-order valence-electron chi connectivity index (χ1n) is 4.81. The predicted molar refractivity (Wildman–Crippen MR) is 59.1 cm³/mol. The maximum absolute atomic E-state index is 12.7. The molecule has 2 atom stereocenters. The summed E-state index contributed by atoms with van der Waals surface area (Å²) in [7, 11) is -1.60. The number of aryl methyl sites for hydroxylation is 1. The van der Waals surface area contributed by atoms with E-state index in [1.807, 2.05) is 6.92 Å². The fraction of sp³-hybridized carbons (Fsp3) is 0.455. The van der Waals surface area contributed by atoms with E-state index in [9.17, 15) is 13.0 Å². The van der Waals surface area contributed by atoms with Crippen molar-refractivity contribution in [3.8, 4) is 0 Å². The van der Waals surface area contributed by atoms with Crippen LogP contribution in [0, 0.1) is 6.92 Å². The number of alkyl halides is 2. The van der Waals surface area contributed by atoms with Gasteiger partial charge in [-0.3, -0.25) is 4.21 Å². The lowest BCUT2D eigenvalue weighted by Crippen LogP contribution is -2.34. The molecular weight excluding hydrogens is 234 g/mol. The van der Waals surface area contributed by atoms with Gasteiger partial charge in [0.2, 0.25) is 0 Å². The van der Waals surface area contributed by atoms with Crippen molar-refractivity contribution < 1.29 is 18.1 Å². The van der Waals surface area contributed by atoms with Crippen LogP contribution in [-0.2, 0) is 10.8 Å². The number of aliphatic hydroxyl groups is 1. The fourth-order valence-electron chi connectivity index (χ4n) is 1.08. The molecule has 0 heterocycles. The van der Waals surface area contributed by atoms with E-state index >= 15 is 0 Å². The molecule has 0 saturated carbocycles. The third-order valence-electron chi connectivity index (χ3n) is 2.18. The van der Waals surface area contributed by atoms with Gasteiger partial charge in [0.25, 0.3) is 5.92 Å². The third kappa shape index (κ3) is 3.64. The fourth-order valence-corrected chi connectivity index (χ4v) is 2.29. The monoisotopic (exact) mass is 248 g/mol. The van der Waals surface area contributed by atoms with Crippen LogP contribution in [0.1, 0.15) is 12.5 Å². The van der Waals surface area contributed by atoms with Gasteiger partial charge in [-0.05, 0) is 19.1 Å². The lowest BCUT2D eigenvalue weighted by Gasteiger charge is -2.17. The Labute approximate surface area is 95.8 Å². The van der Waals surface area contributed by atoms with E-state index in [0.717, 1.165) is 5.56 Å². The molecule has 90 valence electrons. The van der Waals surface area contributed by atoms with Crippen LogP contribution in [0.15, 0.2) is 29.2 Å². The molecule has 16 heavy (non-hydrogen) atoms. The van der Waals surface area contributed by atoms with Crippen LogP contribution in [0.25, 0.3) is 0 Å². The van der Waals surface area contributed by atoms with Crippen molar-refractivity contribution in [2.45, 2.75) is 30.8 Å². The largest absolute Gasteiger partial charge is 0.386 e. The summed E-state index contributed by atoms with van der Waals surface area (Å²) >= 11 is 0. The van der Waals surface area contributed by atoms with E-state index in [0.29, 0.717) is 11.8 Å². The second-order valence-electron chi connectivity index (χ2n) is 3.80. The first-order valence-corrected chi connectivity index (χ1v) is 6.13. The number of benzene rings is 1. The van der Waals surface area contributed by atoms with Crippen LogP contribution >= 0.6 is 0 Å². The normalized spacial score (nSPS) is 15.8. The maximum Gasteiger partial charge on any atom is 0.271 e. The summed E-state index contributed by atoms with van der Waals surface area (Å²) in [5, 5.41) is 9.13. The second kappa shape index (κ2) is 5.01. The molecule has 0 aliphatic rings. The highest BCUT2D eigenvalue weighted by molar-refractivity contribution is 7.85. The molecule has 0 aliphatic heterocycles. The van der Waals surface area contributed by atoms with Crippen molar-refractivity contribution in [2.24, 2.45) is 0 Å². The van der Waals surface area contributed by atoms with Gasteiger partial charge in [0.15, 0.2) is 0 Å². The molecule has 0 fully saturated rings. The van der Waals surface area contributed by atoms with Gasteiger partial charge < -0.3 is 5.11 Å². The van der Waals surface area contributed by atoms with Gasteiger partial charge in [0.1, 0.15) is 6.10 Å². The van der Waals surface area contributed by atoms with Crippen LogP contribution in [-0.4, -0.2) is 27.1 Å². The van der Waals surface area contributed by atoms with Crippen molar-refractivity contribution in [3.05, 3.63) is 29.8 Å². The summed E-state index contributed by atoms with van der Waals surface area (Å²) in [5.74, 6) is -3.67. The van der Waals surface area contributed by atoms with E-state index in [-0.39, 0.29) is 0 Å². The topological polar surface area (TPSA) is 37.3 Å². The van der Waals surface area contributed by atoms with E-state index in [1.54, 1.807) is 24.3 Å². The quantitative estimate of drug-likeness (QED) is 0.886. The van der Waals surface area contributed by atoms with Crippen molar-refractivity contribution in [1.82, 2.24) is 0 Å². The minimum absolute atomic E-state index is 0.452. The van der Waals surface area contributed by atoms with Crippen LogP contribution in [0.2, 0.25) is 0 Å². The molecule has 2 nitrogen and oxygen atoms in total. The number of halogens is 2.